The molecule has 0 unspecified atom stereocenters. The minimum absolute atomic E-state index is 0.440. The van der Waals surface area contributed by atoms with Crippen LogP contribution in [0.1, 0.15) is 28.8 Å². The van der Waals surface area contributed by atoms with Crippen molar-refractivity contribution in [2.45, 2.75) is 19.8 Å². The molecule has 16 heavy (non-hydrogen) atoms. The molecule has 0 bridgehead atoms. The van der Waals surface area contributed by atoms with E-state index in [0.717, 1.165) is 24.3 Å². The number of carboxylic acids is 1. The fourth-order valence-corrected chi connectivity index (χ4v) is 2.52. The Morgan fingerprint density at radius 2 is 2.06 bits per heavy atom. The highest BCUT2D eigenvalue weighted by Crippen LogP contribution is 2.54. The summed E-state index contributed by atoms with van der Waals surface area (Å²) in [5.74, 6) is -0.824. The Morgan fingerprint density at radius 1 is 1.38 bits per heavy atom. The van der Waals surface area contributed by atoms with Crippen LogP contribution >= 0.6 is 0 Å². The molecule has 1 aromatic rings. The van der Waals surface area contributed by atoms with Crippen LogP contribution in [0.15, 0.2) is 18.2 Å². The highest BCUT2D eigenvalue weighted by atomic mass is 16.4. The van der Waals surface area contributed by atoms with Gasteiger partial charge in [-0.2, -0.15) is 0 Å². The van der Waals surface area contributed by atoms with E-state index in [-0.39, 0.29) is 0 Å². The lowest BCUT2D eigenvalue weighted by Gasteiger charge is -2.42. The smallest absolute Gasteiger partial charge is 0.337 e. The Balaban J connectivity index is 1.91. The Labute approximate surface area is 94.7 Å². The summed E-state index contributed by atoms with van der Waals surface area (Å²) in [7, 11) is 0. The summed E-state index contributed by atoms with van der Waals surface area (Å²) in [5.41, 5.74) is 2.88. The van der Waals surface area contributed by atoms with Crippen LogP contribution in [-0.4, -0.2) is 24.2 Å². The van der Waals surface area contributed by atoms with Gasteiger partial charge in [-0.15, -0.1) is 0 Å². The van der Waals surface area contributed by atoms with Crippen molar-refractivity contribution in [3.05, 3.63) is 29.3 Å². The number of rotatable bonds is 2. The van der Waals surface area contributed by atoms with Gasteiger partial charge < -0.3 is 10.0 Å². The third-order valence-electron chi connectivity index (χ3n) is 3.73. The Bertz CT molecular complexity index is 455. The fraction of sp³-hybridized carbons (Fsp3) is 0.462. The highest BCUT2D eigenvalue weighted by Gasteiger charge is 2.52. The quantitative estimate of drug-likeness (QED) is 0.826. The van der Waals surface area contributed by atoms with Crippen molar-refractivity contribution >= 4 is 11.7 Å². The maximum Gasteiger partial charge on any atom is 0.337 e. The number of carbonyl (C=O) groups is 1. The molecule has 2 aliphatic rings. The summed E-state index contributed by atoms with van der Waals surface area (Å²) in [6, 6.07) is 5.68. The molecule has 0 amide bonds. The molecule has 1 aliphatic carbocycles. The van der Waals surface area contributed by atoms with Crippen molar-refractivity contribution in [2.75, 3.05) is 18.0 Å². The van der Waals surface area contributed by atoms with E-state index in [9.17, 15) is 9.90 Å². The average Bonchev–Trinajstić information content (AvgIpc) is 2.95. The number of aryl methyl sites for hydroxylation is 1. The summed E-state index contributed by atoms with van der Waals surface area (Å²) in [4.78, 5) is 13.4. The molecule has 1 heterocycles. The molecular weight excluding hydrogens is 202 g/mol. The molecule has 3 rings (SSSR count). The lowest BCUT2D eigenvalue weighted by molar-refractivity contribution is 0.0697. The van der Waals surface area contributed by atoms with Gasteiger partial charge in [-0.25, -0.2) is 4.79 Å². The van der Waals surface area contributed by atoms with Gasteiger partial charge in [-0.05, 0) is 31.9 Å². The Morgan fingerprint density at radius 3 is 2.62 bits per heavy atom. The second-order valence-corrected chi connectivity index (χ2v) is 5.18. The topological polar surface area (TPSA) is 40.5 Å². The lowest BCUT2D eigenvalue weighted by Crippen LogP contribution is -2.49. The molecule has 84 valence electrons. The molecule has 0 radical (unpaired) electrons. The molecule has 1 N–H and O–H groups in total. The summed E-state index contributed by atoms with van der Waals surface area (Å²) in [5, 5.41) is 9.18. The van der Waals surface area contributed by atoms with Crippen molar-refractivity contribution in [3.63, 3.8) is 0 Å². The Hall–Kier alpha value is -1.51. The predicted octanol–water partition coefficient (Wildman–Crippen LogP) is 2.29. The zero-order valence-corrected chi connectivity index (χ0v) is 9.36. The molecule has 1 aromatic carbocycles. The molecule has 1 spiro atoms. The van der Waals surface area contributed by atoms with Crippen LogP contribution in [0, 0.1) is 12.3 Å². The average molecular weight is 217 g/mol. The van der Waals surface area contributed by atoms with Crippen molar-refractivity contribution < 1.29 is 9.90 Å². The fourth-order valence-electron chi connectivity index (χ4n) is 2.52. The van der Waals surface area contributed by atoms with Crippen molar-refractivity contribution in [3.8, 4) is 0 Å². The second-order valence-electron chi connectivity index (χ2n) is 5.18. The number of benzene rings is 1. The van der Waals surface area contributed by atoms with Crippen LogP contribution < -0.4 is 4.90 Å². The van der Waals surface area contributed by atoms with E-state index < -0.39 is 5.97 Å². The van der Waals surface area contributed by atoms with E-state index in [1.165, 1.54) is 12.8 Å². The van der Waals surface area contributed by atoms with E-state index >= 15 is 0 Å². The second kappa shape index (κ2) is 3.00. The number of anilines is 1. The van der Waals surface area contributed by atoms with E-state index in [4.69, 9.17) is 0 Å². The van der Waals surface area contributed by atoms with Gasteiger partial charge in [0.2, 0.25) is 0 Å². The maximum absolute atomic E-state index is 11.2. The lowest BCUT2D eigenvalue weighted by atomic mass is 9.94. The van der Waals surface area contributed by atoms with Crippen LogP contribution in [0.25, 0.3) is 0 Å². The van der Waals surface area contributed by atoms with Gasteiger partial charge in [0.15, 0.2) is 0 Å². The van der Waals surface area contributed by atoms with Crippen LogP contribution in [-0.2, 0) is 0 Å². The molecule has 3 heteroatoms. The van der Waals surface area contributed by atoms with Gasteiger partial charge in [0.25, 0.3) is 0 Å². The van der Waals surface area contributed by atoms with Crippen molar-refractivity contribution in [1.29, 1.82) is 0 Å². The third-order valence-corrected chi connectivity index (χ3v) is 3.73. The highest BCUT2D eigenvalue weighted by molar-refractivity contribution is 5.95. The summed E-state index contributed by atoms with van der Waals surface area (Å²) in [6.45, 7) is 4.00. The van der Waals surface area contributed by atoms with Crippen LogP contribution in [0.5, 0.6) is 0 Å². The minimum Gasteiger partial charge on any atom is -0.478 e. The van der Waals surface area contributed by atoms with Crippen LogP contribution in [0.2, 0.25) is 0 Å². The SMILES string of the molecule is Cc1ccc(N2CC3(CC3)C2)c(C(=O)O)c1. The van der Waals surface area contributed by atoms with Crippen molar-refractivity contribution in [2.24, 2.45) is 5.41 Å². The van der Waals surface area contributed by atoms with Gasteiger partial charge in [0, 0.05) is 18.5 Å². The van der Waals surface area contributed by atoms with E-state index in [0.29, 0.717) is 11.0 Å². The molecule has 1 aliphatic heterocycles. The molecule has 2 fully saturated rings. The summed E-state index contributed by atoms with van der Waals surface area (Å²) in [6.07, 6.45) is 2.63. The number of hydrogen-bond acceptors (Lipinski definition) is 2. The zero-order valence-electron chi connectivity index (χ0n) is 9.36. The van der Waals surface area contributed by atoms with Gasteiger partial charge in [0.05, 0.1) is 11.3 Å². The maximum atomic E-state index is 11.2. The molecular formula is C13H15NO2. The molecule has 0 atom stereocenters. The number of hydrogen-bond donors (Lipinski definition) is 1. The standard InChI is InChI=1S/C13H15NO2/c1-9-2-3-11(10(6-9)12(15)16)14-7-13(8-14)4-5-13/h2-3,6H,4-5,7-8H2,1H3,(H,15,16). The van der Waals surface area contributed by atoms with Gasteiger partial charge in [-0.1, -0.05) is 11.6 Å². The van der Waals surface area contributed by atoms with E-state index in [2.05, 4.69) is 4.90 Å². The first-order chi connectivity index (χ1) is 7.60. The van der Waals surface area contributed by atoms with Gasteiger partial charge >= 0.3 is 5.97 Å². The largest absolute Gasteiger partial charge is 0.478 e. The first-order valence-corrected chi connectivity index (χ1v) is 5.69. The molecule has 1 saturated carbocycles. The zero-order chi connectivity index (χ0) is 11.3. The van der Waals surface area contributed by atoms with Crippen LogP contribution in [0.4, 0.5) is 5.69 Å². The number of carboxylic acid groups (broad SMARTS) is 1. The van der Waals surface area contributed by atoms with Gasteiger partial charge in [-0.3, -0.25) is 0 Å². The van der Waals surface area contributed by atoms with Crippen molar-refractivity contribution in [1.82, 2.24) is 0 Å². The number of nitrogens with zero attached hydrogens (tertiary/aromatic N) is 1. The third kappa shape index (κ3) is 1.39. The molecule has 3 nitrogen and oxygen atoms in total. The molecule has 1 saturated heterocycles. The summed E-state index contributed by atoms with van der Waals surface area (Å²) >= 11 is 0. The predicted molar refractivity (Wildman–Crippen MR) is 62.0 cm³/mol. The minimum atomic E-state index is -0.824. The summed E-state index contributed by atoms with van der Waals surface area (Å²) < 4.78 is 0. The first kappa shape index (κ1) is 9.70. The molecule has 0 aromatic heterocycles. The Kier molecular flexibility index (Phi) is 1.82. The van der Waals surface area contributed by atoms with Crippen LogP contribution in [0.3, 0.4) is 0 Å². The number of aromatic carboxylic acids is 1. The van der Waals surface area contributed by atoms with Gasteiger partial charge in [0.1, 0.15) is 0 Å². The first-order valence-electron chi connectivity index (χ1n) is 5.69. The monoisotopic (exact) mass is 217 g/mol. The van der Waals surface area contributed by atoms with E-state index in [1.54, 1.807) is 6.07 Å². The van der Waals surface area contributed by atoms with E-state index in [1.807, 2.05) is 19.1 Å². The normalized spacial score (nSPS) is 20.7.